The van der Waals surface area contributed by atoms with E-state index in [1.807, 2.05) is 61.6 Å². The van der Waals surface area contributed by atoms with Crippen molar-refractivity contribution in [2.24, 2.45) is 7.05 Å². The van der Waals surface area contributed by atoms with Gasteiger partial charge in [-0.2, -0.15) is 5.10 Å². The number of urea groups is 1. The summed E-state index contributed by atoms with van der Waals surface area (Å²) in [7, 11) is 1.82. The quantitative estimate of drug-likeness (QED) is 0.714. The number of amides is 2. The van der Waals surface area contributed by atoms with E-state index in [0.717, 1.165) is 17.0 Å². The van der Waals surface area contributed by atoms with E-state index < -0.39 is 0 Å². The summed E-state index contributed by atoms with van der Waals surface area (Å²) in [6.07, 6.45) is 2.11. The molecule has 6 heteroatoms. The Hall–Kier alpha value is -3.59. The molecule has 0 aliphatic carbocycles. The van der Waals surface area contributed by atoms with Crippen LogP contribution < -0.4 is 10.6 Å². The average molecular weight is 345 g/mol. The summed E-state index contributed by atoms with van der Waals surface area (Å²) in [6.45, 7) is 0.478. The number of aryl methyl sites for hydroxylation is 1. The lowest BCUT2D eigenvalue weighted by atomic mass is 10.1. The molecule has 1 aromatic heterocycles. The number of hydrogen-bond donors (Lipinski definition) is 2. The second-order valence-corrected chi connectivity index (χ2v) is 5.63. The van der Waals surface area contributed by atoms with E-state index in [1.54, 1.807) is 4.68 Å². The van der Waals surface area contributed by atoms with Crippen LogP contribution in [0.15, 0.2) is 60.9 Å². The van der Waals surface area contributed by atoms with E-state index in [0.29, 0.717) is 18.7 Å². The Morgan fingerprint density at radius 1 is 1.08 bits per heavy atom. The fraction of sp³-hybridized carbons (Fsp3) is 0.150. The summed E-state index contributed by atoms with van der Waals surface area (Å²) < 4.78 is 1.69. The normalized spacial score (nSPS) is 9.88. The molecule has 2 amide bonds. The predicted molar refractivity (Wildman–Crippen MR) is 101 cm³/mol. The van der Waals surface area contributed by atoms with Gasteiger partial charge in [0.05, 0.1) is 0 Å². The van der Waals surface area contributed by atoms with E-state index in [2.05, 4.69) is 32.6 Å². The highest BCUT2D eigenvalue weighted by Gasteiger charge is 2.04. The van der Waals surface area contributed by atoms with Crippen LogP contribution in [-0.4, -0.2) is 27.3 Å². The number of nitrogens with zero attached hydrogens (tertiary/aromatic N) is 3. The third-order valence-corrected chi connectivity index (χ3v) is 3.68. The average Bonchev–Trinajstić information content (AvgIpc) is 3.06. The van der Waals surface area contributed by atoms with Gasteiger partial charge in [-0.15, -0.1) is 0 Å². The van der Waals surface area contributed by atoms with Gasteiger partial charge in [-0.1, -0.05) is 36.1 Å². The van der Waals surface area contributed by atoms with Crippen molar-refractivity contribution in [1.29, 1.82) is 0 Å². The minimum Gasteiger partial charge on any atom is -0.337 e. The van der Waals surface area contributed by atoms with Gasteiger partial charge in [0.2, 0.25) is 0 Å². The summed E-state index contributed by atoms with van der Waals surface area (Å²) in [5.74, 6) is 7.03. The van der Waals surface area contributed by atoms with Crippen molar-refractivity contribution in [3.63, 3.8) is 0 Å². The molecule has 0 fully saturated rings. The first kappa shape index (κ1) is 17.2. The highest BCUT2D eigenvalue weighted by molar-refractivity contribution is 5.89. The zero-order valence-electron chi connectivity index (χ0n) is 14.4. The van der Waals surface area contributed by atoms with Gasteiger partial charge in [0, 0.05) is 36.8 Å². The molecular weight excluding hydrogens is 326 g/mol. The highest BCUT2D eigenvalue weighted by Crippen LogP contribution is 2.10. The molecule has 0 unspecified atom stereocenters. The molecule has 1 heterocycles. The van der Waals surface area contributed by atoms with Crippen molar-refractivity contribution < 1.29 is 4.79 Å². The highest BCUT2D eigenvalue weighted by atomic mass is 16.2. The predicted octanol–water partition coefficient (Wildman–Crippen LogP) is 2.58. The van der Waals surface area contributed by atoms with Gasteiger partial charge in [-0.3, -0.25) is 4.68 Å². The topological polar surface area (TPSA) is 71.8 Å². The van der Waals surface area contributed by atoms with E-state index in [1.165, 1.54) is 6.33 Å². The van der Waals surface area contributed by atoms with E-state index in [-0.39, 0.29) is 6.03 Å². The minimum absolute atomic E-state index is 0.264. The van der Waals surface area contributed by atoms with Crippen LogP contribution in [0.4, 0.5) is 10.5 Å². The monoisotopic (exact) mass is 345 g/mol. The van der Waals surface area contributed by atoms with Gasteiger partial charge < -0.3 is 10.6 Å². The van der Waals surface area contributed by atoms with Crippen molar-refractivity contribution in [1.82, 2.24) is 20.1 Å². The second kappa shape index (κ2) is 8.49. The number of carbonyl (C=O) groups excluding carboxylic acids is 1. The van der Waals surface area contributed by atoms with Crippen LogP contribution in [0, 0.1) is 11.8 Å². The summed E-state index contributed by atoms with van der Waals surface area (Å²) in [5, 5.41) is 9.62. The summed E-state index contributed by atoms with van der Waals surface area (Å²) in [4.78, 5) is 16.1. The number of rotatable bonds is 4. The van der Waals surface area contributed by atoms with Crippen molar-refractivity contribution in [3.05, 3.63) is 77.9 Å². The smallest absolute Gasteiger partial charge is 0.319 e. The Morgan fingerprint density at radius 3 is 2.62 bits per heavy atom. The maximum Gasteiger partial charge on any atom is 0.319 e. The fourth-order valence-electron chi connectivity index (χ4n) is 2.35. The molecule has 130 valence electrons. The minimum atomic E-state index is -0.264. The molecule has 0 radical (unpaired) electrons. The van der Waals surface area contributed by atoms with Crippen molar-refractivity contribution in [3.8, 4) is 11.8 Å². The van der Waals surface area contributed by atoms with Gasteiger partial charge >= 0.3 is 6.03 Å². The van der Waals surface area contributed by atoms with E-state index in [9.17, 15) is 4.79 Å². The fourth-order valence-corrected chi connectivity index (χ4v) is 2.35. The summed E-state index contributed by atoms with van der Waals surface area (Å²) >= 11 is 0. The molecule has 0 aliphatic heterocycles. The summed E-state index contributed by atoms with van der Waals surface area (Å²) in [5.41, 5.74) is 2.49. The van der Waals surface area contributed by atoms with Crippen LogP contribution in [0.25, 0.3) is 0 Å². The second-order valence-electron chi connectivity index (χ2n) is 5.63. The van der Waals surface area contributed by atoms with Gasteiger partial charge in [-0.05, 0) is 30.3 Å². The van der Waals surface area contributed by atoms with Crippen LogP contribution in [0.3, 0.4) is 0 Å². The Bertz CT molecular complexity index is 937. The number of anilines is 1. The molecule has 0 saturated heterocycles. The van der Waals surface area contributed by atoms with Crippen LogP contribution in [0.5, 0.6) is 0 Å². The lowest BCUT2D eigenvalue weighted by Crippen LogP contribution is -2.30. The van der Waals surface area contributed by atoms with Crippen molar-refractivity contribution in [2.45, 2.75) is 6.42 Å². The van der Waals surface area contributed by atoms with Crippen LogP contribution >= 0.6 is 0 Å². The van der Waals surface area contributed by atoms with Crippen molar-refractivity contribution in [2.75, 3.05) is 11.9 Å². The maximum absolute atomic E-state index is 12.0. The number of aromatic nitrogens is 3. The third-order valence-electron chi connectivity index (χ3n) is 3.68. The molecule has 3 rings (SSSR count). The Balaban J connectivity index is 1.54. The number of benzene rings is 2. The molecule has 3 aromatic rings. The van der Waals surface area contributed by atoms with Gasteiger partial charge in [0.1, 0.15) is 12.2 Å². The molecule has 0 saturated carbocycles. The zero-order chi connectivity index (χ0) is 18.2. The molecule has 0 atom stereocenters. The Labute approximate surface area is 152 Å². The molecule has 2 aromatic carbocycles. The lowest BCUT2D eigenvalue weighted by molar-refractivity contribution is 0.252. The first-order chi connectivity index (χ1) is 12.7. The number of nitrogens with one attached hydrogen (secondary N) is 2. The lowest BCUT2D eigenvalue weighted by Gasteiger charge is -2.07. The van der Waals surface area contributed by atoms with Gasteiger partial charge in [-0.25, -0.2) is 9.78 Å². The molecular formula is C20H19N5O. The van der Waals surface area contributed by atoms with Crippen LogP contribution in [0.2, 0.25) is 0 Å². The molecule has 2 N–H and O–H groups in total. The molecule has 0 aliphatic rings. The Morgan fingerprint density at radius 2 is 1.85 bits per heavy atom. The summed E-state index contributed by atoms with van der Waals surface area (Å²) in [6, 6.07) is 17.0. The zero-order valence-corrected chi connectivity index (χ0v) is 14.4. The molecule has 0 bridgehead atoms. The van der Waals surface area contributed by atoms with Gasteiger partial charge in [0.25, 0.3) is 0 Å². The molecule has 26 heavy (non-hydrogen) atoms. The molecule has 6 nitrogen and oxygen atoms in total. The third kappa shape index (κ3) is 4.95. The number of hydrogen-bond acceptors (Lipinski definition) is 3. The first-order valence-electron chi connectivity index (χ1n) is 8.25. The maximum atomic E-state index is 12.0. The van der Waals surface area contributed by atoms with E-state index >= 15 is 0 Å². The van der Waals surface area contributed by atoms with E-state index in [4.69, 9.17) is 0 Å². The van der Waals surface area contributed by atoms with Crippen LogP contribution in [0.1, 0.15) is 17.0 Å². The number of carbonyl (C=O) groups is 1. The first-order valence-corrected chi connectivity index (χ1v) is 8.25. The molecule has 0 spiro atoms. The van der Waals surface area contributed by atoms with Crippen LogP contribution in [-0.2, 0) is 13.5 Å². The standard InChI is InChI=1S/C20H19N5O/c1-25-19(22-15-23-25)12-13-21-20(26)24-18-9-5-8-17(14-18)11-10-16-6-3-2-4-7-16/h2-9,14-15H,12-13H2,1H3,(H2,21,24,26). The Kier molecular flexibility index (Phi) is 5.63. The van der Waals surface area contributed by atoms with Gasteiger partial charge in [0.15, 0.2) is 0 Å². The SMILES string of the molecule is Cn1ncnc1CCNC(=O)Nc1cccc(C#Cc2ccccc2)c1. The van der Waals surface area contributed by atoms with Crippen molar-refractivity contribution >= 4 is 11.7 Å². The largest absolute Gasteiger partial charge is 0.337 e.